The van der Waals surface area contributed by atoms with Crippen molar-refractivity contribution in [3.8, 4) is 0 Å². The number of likely N-dealkylation sites (tertiary alicyclic amines) is 1. The number of aliphatic hydroxyl groups excluding tert-OH is 1. The summed E-state index contributed by atoms with van der Waals surface area (Å²) in [6.07, 6.45) is 13.1. The minimum Gasteiger partial charge on any atom is -0.465 e. The molecular weight excluding hydrogens is 484 g/mol. The fraction of sp³-hybridized carbons (Fsp3) is 0.767. The highest BCUT2D eigenvalue weighted by Crippen LogP contribution is 2.64. The second-order valence-corrected chi connectivity index (χ2v) is 11.5. The Bertz CT molecular complexity index is 901. The molecule has 3 aliphatic heterocycles. The summed E-state index contributed by atoms with van der Waals surface area (Å²) < 4.78 is 12.5. The number of hydrogen-bond acceptors (Lipinski definition) is 6. The van der Waals surface area contributed by atoms with E-state index in [1.165, 1.54) is 6.42 Å². The van der Waals surface area contributed by atoms with Gasteiger partial charge in [0, 0.05) is 25.7 Å². The highest BCUT2D eigenvalue weighted by molar-refractivity contribution is 5.98. The quantitative estimate of drug-likeness (QED) is 0.209. The lowest BCUT2D eigenvalue weighted by atomic mass is 9.65. The maximum Gasteiger partial charge on any atom is 0.312 e. The third kappa shape index (κ3) is 4.94. The number of hydrogen-bond donors (Lipinski definition) is 1. The zero-order valence-corrected chi connectivity index (χ0v) is 23.1. The van der Waals surface area contributed by atoms with Gasteiger partial charge >= 0.3 is 5.97 Å². The molecule has 4 rings (SSSR count). The molecule has 8 heteroatoms. The van der Waals surface area contributed by atoms with Gasteiger partial charge in [-0.25, -0.2) is 0 Å². The molecule has 0 aromatic rings. The highest BCUT2D eigenvalue weighted by Gasteiger charge is 2.79. The van der Waals surface area contributed by atoms with Gasteiger partial charge in [-0.3, -0.25) is 14.4 Å². The largest absolute Gasteiger partial charge is 0.465 e. The number of unbranched alkanes of at least 4 members (excludes halogenated alkanes) is 2. The average molecular weight is 531 g/mol. The predicted octanol–water partition coefficient (Wildman–Crippen LogP) is 3.77. The number of amides is 2. The van der Waals surface area contributed by atoms with Gasteiger partial charge < -0.3 is 24.4 Å². The van der Waals surface area contributed by atoms with Gasteiger partial charge in [0.2, 0.25) is 11.8 Å². The van der Waals surface area contributed by atoms with Crippen molar-refractivity contribution in [2.75, 3.05) is 26.3 Å². The van der Waals surface area contributed by atoms with Gasteiger partial charge in [0.05, 0.1) is 18.1 Å². The van der Waals surface area contributed by atoms with Crippen LogP contribution in [-0.2, 0) is 23.9 Å². The smallest absolute Gasteiger partial charge is 0.312 e. The molecule has 1 aliphatic carbocycles. The number of fused-ring (bicyclic) bond motifs is 1. The van der Waals surface area contributed by atoms with E-state index in [1.807, 2.05) is 11.8 Å². The van der Waals surface area contributed by atoms with Crippen LogP contribution in [0.4, 0.5) is 0 Å². The van der Waals surface area contributed by atoms with Gasteiger partial charge in [0.15, 0.2) is 0 Å². The van der Waals surface area contributed by atoms with Crippen LogP contribution in [0, 0.1) is 11.8 Å². The molecule has 1 saturated carbocycles. The molecule has 4 aliphatic rings. The van der Waals surface area contributed by atoms with E-state index in [0.717, 1.165) is 32.1 Å². The zero-order chi connectivity index (χ0) is 27.3. The molecule has 1 N–H and O–H groups in total. The average Bonchev–Trinajstić information content (AvgIpc) is 3.53. The van der Waals surface area contributed by atoms with E-state index in [2.05, 4.69) is 13.2 Å². The number of rotatable bonds is 14. The molecule has 1 spiro atoms. The van der Waals surface area contributed by atoms with Crippen LogP contribution >= 0.6 is 0 Å². The first-order chi connectivity index (χ1) is 18.4. The molecule has 8 nitrogen and oxygen atoms in total. The van der Waals surface area contributed by atoms with Gasteiger partial charge in [-0.2, -0.15) is 0 Å². The molecule has 3 heterocycles. The number of nitrogens with zero attached hydrogens (tertiary/aromatic N) is 2. The SMILES string of the molecule is C=CCCCOC(=O)[C@@H]1[C@H]2C(=O)N(CCCCO)C(C(=O)N(CC=C)C3CCCCC3)C23CC[C@@]1(CC)O3. The number of allylic oxidation sites excluding steroid dienone is 1. The van der Waals surface area contributed by atoms with Crippen molar-refractivity contribution in [2.45, 2.75) is 107 Å². The maximum atomic E-state index is 14.5. The number of ether oxygens (including phenoxy) is 2. The Morgan fingerprint density at radius 1 is 1.16 bits per heavy atom. The van der Waals surface area contributed by atoms with Crippen molar-refractivity contribution in [3.63, 3.8) is 0 Å². The van der Waals surface area contributed by atoms with Crippen LogP contribution < -0.4 is 0 Å². The van der Waals surface area contributed by atoms with E-state index in [1.54, 1.807) is 17.1 Å². The lowest BCUT2D eigenvalue weighted by Gasteiger charge is -2.40. The van der Waals surface area contributed by atoms with Crippen molar-refractivity contribution in [2.24, 2.45) is 11.8 Å². The molecule has 212 valence electrons. The van der Waals surface area contributed by atoms with Crippen molar-refractivity contribution >= 4 is 17.8 Å². The highest BCUT2D eigenvalue weighted by atomic mass is 16.6. The summed E-state index contributed by atoms with van der Waals surface area (Å²) in [6.45, 7) is 10.7. The fourth-order valence-corrected chi connectivity index (χ4v) is 7.59. The van der Waals surface area contributed by atoms with Gasteiger partial charge in [0.25, 0.3) is 0 Å². The second kappa shape index (κ2) is 12.3. The Morgan fingerprint density at radius 3 is 2.58 bits per heavy atom. The van der Waals surface area contributed by atoms with Gasteiger partial charge in [-0.05, 0) is 57.8 Å². The third-order valence-electron chi connectivity index (χ3n) is 9.40. The maximum absolute atomic E-state index is 14.5. The summed E-state index contributed by atoms with van der Waals surface area (Å²) >= 11 is 0. The summed E-state index contributed by atoms with van der Waals surface area (Å²) in [4.78, 5) is 45.8. The van der Waals surface area contributed by atoms with E-state index >= 15 is 0 Å². The first-order valence-electron chi connectivity index (χ1n) is 14.7. The van der Waals surface area contributed by atoms with Crippen LogP contribution in [0.2, 0.25) is 0 Å². The van der Waals surface area contributed by atoms with Crippen LogP contribution in [0.1, 0.15) is 84.0 Å². The van der Waals surface area contributed by atoms with E-state index in [9.17, 15) is 19.5 Å². The summed E-state index contributed by atoms with van der Waals surface area (Å²) in [5.41, 5.74) is -1.83. The molecule has 2 bridgehead atoms. The topological polar surface area (TPSA) is 96.4 Å². The molecule has 5 atom stereocenters. The van der Waals surface area contributed by atoms with Gasteiger partial charge in [-0.1, -0.05) is 38.3 Å². The minimum absolute atomic E-state index is 0.0228. The lowest BCUT2D eigenvalue weighted by molar-refractivity contribution is -0.162. The molecule has 2 amide bonds. The Hall–Kier alpha value is -2.19. The number of carbonyl (C=O) groups excluding carboxylic acids is 3. The fourth-order valence-electron chi connectivity index (χ4n) is 7.59. The van der Waals surface area contributed by atoms with Crippen molar-refractivity contribution in [1.29, 1.82) is 0 Å². The number of aliphatic hydroxyl groups is 1. The first-order valence-corrected chi connectivity index (χ1v) is 14.7. The summed E-state index contributed by atoms with van der Waals surface area (Å²) in [5, 5.41) is 9.39. The minimum atomic E-state index is -1.04. The standard InChI is InChI=1S/C30H46N2O6/c1-4-7-13-21-37-28(36)24-23-26(34)32(19-11-12-20-33)25(30(23)17-16-29(24,6-3)38-30)27(35)31(18-5-2)22-14-9-8-10-15-22/h4-5,22-25,33H,1-2,6-21H2,3H3/t23-,24-,25?,29+,30?/m0/s1. The van der Waals surface area contributed by atoms with Crippen LogP contribution in [-0.4, -0.2) is 82.3 Å². The summed E-state index contributed by atoms with van der Waals surface area (Å²) in [7, 11) is 0. The number of esters is 1. The Kier molecular flexibility index (Phi) is 9.35. The van der Waals surface area contributed by atoms with Crippen LogP contribution in [0.5, 0.6) is 0 Å². The van der Waals surface area contributed by atoms with E-state index in [0.29, 0.717) is 51.6 Å². The second-order valence-electron chi connectivity index (χ2n) is 11.5. The number of carbonyl (C=O) groups is 3. The molecule has 3 saturated heterocycles. The van der Waals surface area contributed by atoms with Crippen LogP contribution in [0.3, 0.4) is 0 Å². The summed E-state index contributed by atoms with van der Waals surface area (Å²) in [5.74, 6) is -2.13. The Labute approximate surface area is 227 Å². The molecule has 0 radical (unpaired) electrons. The molecule has 4 fully saturated rings. The molecule has 0 aromatic heterocycles. The molecule has 38 heavy (non-hydrogen) atoms. The van der Waals surface area contributed by atoms with Crippen molar-refractivity contribution in [1.82, 2.24) is 9.80 Å². The zero-order valence-electron chi connectivity index (χ0n) is 23.1. The Balaban J connectivity index is 1.69. The Morgan fingerprint density at radius 2 is 1.92 bits per heavy atom. The monoisotopic (exact) mass is 530 g/mol. The van der Waals surface area contributed by atoms with E-state index in [-0.39, 0.29) is 31.1 Å². The molecule has 2 unspecified atom stereocenters. The van der Waals surface area contributed by atoms with Gasteiger partial charge in [0.1, 0.15) is 17.6 Å². The molecule has 0 aromatic carbocycles. The van der Waals surface area contributed by atoms with Crippen LogP contribution in [0.25, 0.3) is 0 Å². The third-order valence-corrected chi connectivity index (χ3v) is 9.40. The van der Waals surface area contributed by atoms with Gasteiger partial charge in [-0.15, -0.1) is 13.2 Å². The van der Waals surface area contributed by atoms with Crippen LogP contribution in [0.15, 0.2) is 25.3 Å². The normalized spacial score (nSPS) is 32.3. The van der Waals surface area contributed by atoms with E-state index < -0.39 is 35.0 Å². The van der Waals surface area contributed by atoms with Crippen molar-refractivity contribution < 1.29 is 29.0 Å². The predicted molar refractivity (Wildman–Crippen MR) is 144 cm³/mol. The van der Waals surface area contributed by atoms with E-state index in [4.69, 9.17) is 9.47 Å². The summed E-state index contributed by atoms with van der Waals surface area (Å²) in [6, 6.07) is -0.670. The van der Waals surface area contributed by atoms with Crippen molar-refractivity contribution in [3.05, 3.63) is 25.3 Å². The first kappa shape index (κ1) is 28.8. The molecular formula is C30H46N2O6. The lowest BCUT2D eigenvalue weighted by Crippen LogP contribution is -2.58.